The largest absolute Gasteiger partial charge is 0.492 e. The predicted molar refractivity (Wildman–Crippen MR) is 157 cm³/mol. The van der Waals surface area contributed by atoms with Crippen molar-refractivity contribution in [1.82, 2.24) is 4.90 Å². The van der Waals surface area contributed by atoms with Crippen LogP contribution in [0.15, 0.2) is 78.9 Å². The first-order valence-corrected chi connectivity index (χ1v) is 13.9. The van der Waals surface area contributed by atoms with Crippen molar-refractivity contribution in [3.63, 3.8) is 0 Å². The lowest BCUT2D eigenvalue weighted by Crippen LogP contribution is -2.33. The lowest BCUT2D eigenvalue weighted by atomic mass is 9.90. The second-order valence-corrected chi connectivity index (χ2v) is 10.3. The van der Waals surface area contributed by atoms with E-state index < -0.39 is 0 Å². The van der Waals surface area contributed by atoms with Crippen LogP contribution in [0.4, 0.5) is 0 Å². The Morgan fingerprint density at radius 1 is 0.750 bits per heavy atom. The number of hydrogen-bond donors (Lipinski definition) is 0. The zero-order chi connectivity index (χ0) is 27.9. The summed E-state index contributed by atoms with van der Waals surface area (Å²) in [5.41, 5.74) is 4.28. The summed E-state index contributed by atoms with van der Waals surface area (Å²) in [7, 11) is 0. The lowest BCUT2D eigenvalue weighted by molar-refractivity contribution is -0.132. The highest BCUT2D eigenvalue weighted by atomic mass is 16.5. The molecule has 6 nitrogen and oxygen atoms in total. The quantitative estimate of drug-likeness (QED) is 0.173. The van der Waals surface area contributed by atoms with Crippen LogP contribution in [0, 0.1) is 0 Å². The minimum Gasteiger partial charge on any atom is -0.492 e. The molecular weight excluding hydrogens is 502 g/mol. The van der Waals surface area contributed by atoms with E-state index in [4.69, 9.17) is 14.2 Å². The van der Waals surface area contributed by atoms with Crippen LogP contribution in [0.25, 0.3) is 21.9 Å². The first kappa shape index (κ1) is 27.4. The summed E-state index contributed by atoms with van der Waals surface area (Å²) in [4.78, 5) is 25.5. The van der Waals surface area contributed by atoms with E-state index in [0.29, 0.717) is 24.5 Å². The Bertz CT molecular complexity index is 1490. The third-order valence-corrected chi connectivity index (χ3v) is 7.20. The van der Waals surface area contributed by atoms with Crippen molar-refractivity contribution in [3.05, 3.63) is 90.0 Å². The third-order valence-electron chi connectivity index (χ3n) is 7.20. The molecule has 1 heterocycles. The van der Waals surface area contributed by atoms with E-state index in [-0.39, 0.29) is 11.9 Å². The van der Waals surface area contributed by atoms with Gasteiger partial charge in [0.2, 0.25) is 0 Å². The predicted octanol–water partition coefficient (Wildman–Crippen LogP) is 6.81. The number of fused-ring (bicyclic) bond motifs is 1. The van der Waals surface area contributed by atoms with Crippen LogP contribution in [-0.4, -0.2) is 43.1 Å². The van der Waals surface area contributed by atoms with Gasteiger partial charge in [-0.15, -0.1) is 0 Å². The number of benzene rings is 4. The van der Waals surface area contributed by atoms with Gasteiger partial charge >= 0.3 is 11.9 Å². The Morgan fingerprint density at radius 3 is 2.17 bits per heavy atom. The standard InChI is InChI=1S/C34H35NO5/c1-24(36)39-30-8-6-7-27(22-30)32-15-11-28-23-31(40-25(2)37)14-16-33(28)34(32)21-26-9-12-29(13-10-26)38-20-19-35-17-4-3-5-18-35/h6-16,22-23H,3-5,17-21H2,1-2H3. The second-order valence-electron chi connectivity index (χ2n) is 10.3. The van der Waals surface area contributed by atoms with E-state index in [1.807, 2.05) is 54.6 Å². The zero-order valence-electron chi connectivity index (χ0n) is 23.2. The summed E-state index contributed by atoms with van der Waals surface area (Å²) in [5, 5.41) is 2.04. The Hall–Kier alpha value is -4.16. The number of nitrogens with zero attached hydrogens (tertiary/aromatic N) is 1. The summed E-state index contributed by atoms with van der Waals surface area (Å²) < 4.78 is 16.7. The highest BCUT2D eigenvalue weighted by Crippen LogP contribution is 2.35. The summed E-state index contributed by atoms with van der Waals surface area (Å²) in [6.07, 6.45) is 4.58. The van der Waals surface area contributed by atoms with E-state index in [1.54, 1.807) is 6.07 Å². The molecule has 4 aromatic rings. The minimum absolute atomic E-state index is 0.350. The zero-order valence-corrected chi connectivity index (χ0v) is 23.2. The van der Waals surface area contributed by atoms with Gasteiger partial charge in [-0.05, 0) is 102 Å². The molecule has 1 aliphatic rings. The van der Waals surface area contributed by atoms with Gasteiger partial charge in [0, 0.05) is 20.4 Å². The molecule has 5 rings (SSSR count). The molecule has 0 aliphatic carbocycles. The summed E-state index contributed by atoms with van der Waals surface area (Å²) in [6.45, 7) is 6.79. The average Bonchev–Trinajstić information content (AvgIpc) is 2.94. The number of ether oxygens (including phenoxy) is 3. The molecule has 4 aromatic carbocycles. The van der Waals surface area contributed by atoms with Gasteiger partial charge < -0.3 is 14.2 Å². The Balaban J connectivity index is 1.42. The summed E-state index contributed by atoms with van der Waals surface area (Å²) in [5.74, 6) is 1.19. The van der Waals surface area contributed by atoms with Crippen molar-refractivity contribution in [2.75, 3.05) is 26.2 Å². The van der Waals surface area contributed by atoms with Gasteiger partial charge in [-0.2, -0.15) is 0 Å². The fourth-order valence-corrected chi connectivity index (χ4v) is 5.34. The van der Waals surface area contributed by atoms with Crippen molar-refractivity contribution < 1.29 is 23.8 Å². The number of rotatable bonds is 9. The third kappa shape index (κ3) is 7.07. The molecule has 0 radical (unpaired) electrons. The minimum atomic E-state index is -0.355. The van der Waals surface area contributed by atoms with Crippen LogP contribution in [-0.2, 0) is 16.0 Å². The van der Waals surface area contributed by atoms with Gasteiger partial charge in [-0.25, -0.2) is 0 Å². The highest BCUT2D eigenvalue weighted by molar-refractivity contribution is 5.93. The normalized spacial score (nSPS) is 13.7. The number of esters is 2. The van der Waals surface area contributed by atoms with Crippen molar-refractivity contribution >= 4 is 22.7 Å². The van der Waals surface area contributed by atoms with E-state index in [0.717, 1.165) is 45.3 Å². The van der Waals surface area contributed by atoms with Gasteiger partial charge in [0.05, 0.1) is 0 Å². The topological polar surface area (TPSA) is 65.1 Å². The van der Waals surface area contributed by atoms with E-state index >= 15 is 0 Å². The molecule has 0 unspecified atom stereocenters. The van der Waals surface area contributed by atoms with Crippen LogP contribution >= 0.6 is 0 Å². The number of carbonyl (C=O) groups is 2. The molecule has 0 bridgehead atoms. The molecule has 0 atom stereocenters. The molecule has 0 aromatic heterocycles. The SMILES string of the molecule is CC(=O)Oc1cccc(-c2ccc3cc(OC(C)=O)ccc3c2Cc2ccc(OCCN3CCCCC3)cc2)c1. The van der Waals surface area contributed by atoms with E-state index in [1.165, 1.54) is 46.2 Å². The van der Waals surface area contributed by atoms with Gasteiger partial charge in [0.25, 0.3) is 0 Å². The van der Waals surface area contributed by atoms with Crippen molar-refractivity contribution in [3.8, 4) is 28.4 Å². The van der Waals surface area contributed by atoms with Crippen LogP contribution in [0.3, 0.4) is 0 Å². The van der Waals surface area contributed by atoms with E-state index in [9.17, 15) is 9.59 Å². The van der Waals surface area contributed by atoms with Crippen LogP contribution in [0.5, 0.6) is 17.2 Å². The summed E-state index contributed by atoms with van der Waals surface area (Å²) in [6, 6.07) is 25.7. The van der Waals surface area contributed by atoms with Crippen LogP contribution in [0.1, 0.15) is 44.2 Å². The summed E-state index contributed by atoms with van der Waals surface area (Å²) >= 11 is 0. The van der Waals surface area contributed by atoms with Crippen molar-refractivity contribution in [1.29, 1.82) is 0 Å². The number of likely N-dealkylation sites (tertiary alicyclic amines) is 1. The van der Waals surface area contributed by atoms with Gasteiger partial charge in [0.15, 0.2) is 0 Å². The lowest BCUT2D eigenvalue weighted by Gasteiger charge is -2.26. The maximum absolute atomic E-state index is 11.6. The molecule has 6 heteroatoms. The second kappa shape index (κ2) is 12.8. The number of piperidine rings is 1. The molecule has 40 heavy (non-hydrogen) atoms. The molecule has 0 saturated carbocycles. The first-order chi connectivity index (χ1) is 19.4. The smallest absolute Gasteiger partial charge is 0.308 e. The number of hydrogen-bond acceptors (Lipinski definition) is 6. The molecule has 0 amide bonds. The molecule has 1 fully saturated rings. The molecule has 206 valence electrons. The monoisotopic (exact) mass is 537 g/mol. The fraction of sp³-hybridized carbons (Fsp3) is 0.294. The highest BCUT2D eigenvalue weighted by Gasteiger charge is 2.14. The Labute approximate surface area is 235 Å². The van der Waals surface area contributed by atoms with E-state index in [2.05, 4.69) is 23.1 Å². The van der Waals surface area contributed by atoms with Crippen molar-refractivity contribution in [2.24, 2.45) is 0 Å². The molecule has 0 spiro atoms. The molecular formula is C34H35NO5. The first-order valence-electron chi connectivity index (χ1n) is 13.9. The number of carbonyl (C=O) groups excluding carboxylic acids is 2. The Morgan fingerprint density at radius 2 is 1.45 bits per heavy atom. The fourth-order valence-electron chi connectivity index (χ4n) is 5.34. The maximum atomic E-state index is 11.6. The van der Waals surface area contributed by atoms with Gasteiger partial charge in [-0.1, -0.05) is 48.9 Å². The van der Waals surface area contributed by atoms with Gasteiger partial charge in [0.1, 0.15) is 23.9 Å². The van der Waals surface area contributed by atoms with Gasteiger partial charge in [-0.3, -0.25) is 14.5 Å². The molecule has 0 N–H and O–H groups in total. The average molecular weight is 538 g/mol. The molecule has 1 aliphatic heterocycles. The van der Waals surface area contributed by atoms with Crippen LogP contribution < -0.4 is 14.2 Å². The van der Waals surface area contributed by atoms with Crippen LogP contribution in [0.2, 0.25) is 0 Å². The van der Waals surface area contributed by atoms with Crippen molar-refractivity contribution in [2.45, 2.75) is 39.5 Å². The maximum Gasteiger partial charge on any atom is 0.308 e. The molecule has 1 saturated heterocycles. The Kier molecular flexibility index (Phi) is 8.77.